The average molecular weight is 384 g/mol. The number of nitrogens with zero attached hydrogens (tertiary/aromatic N) is 3. The molecule has 1 aliphatic rings. The van der Waals surface area contributed by atoms with Gasteiger partial charge in [-0.3, -0.25) is 9.58 Å². The van der Waals surface area contributed by atoms with Crippen LogP contribution in [0.1, 0.15) is 30.4 Å². The van der Waals surface area contributed by atoms with Crippen LogP contribution in [0.2, 0.25) is 5.02 Å². The van der Waals surface area contributed by atoms with Crippen molar-refractivity contribution in [2.24, 2.45) is 0 Å². The highest BCUT2D eigenvalue weighted by Crippen LogP contribution is 2.32. The quantitative estimate of drug-likeness (QED) is 0.645. The summed E-state index contributed by atoms with van der Waals surface area (Å²) in [5.74, 6) is 0. The zero-order chi connectivity index (χ0) is 18.6. The molecule has 0 spiro atoms. The summed E-state index contributed by atoms with van der Waals surface area (Å²) in [6.45, 7) is 3.46. The molecule has 26 heavy (non-hydrogen) atoms. The highest BCUT2D eigenvalue weighted by Gasteiger charge is 2.30. The molecule has 0 N–H and O–H groups in total. The number of aromatic nitrogens is 2. The molecule has 0 amide bonds. The molecule has 3 nitrogen and oxygen atoms in total. The first-order chi connectivity index (χ1) is 12.4. The van der Waals surface area contributed by atoms with Gasteiger partial charge in [0.25, 0.3) is 0 Å². The van der Waals surface area contributed by atoms with Crippen molar-refractivity contribution in [1.29, 1.82) is 0 Å². The summed E-state index contributed by atoms with van der Waals surface area (Å²) < 4.78 is 40.4. The normalized spacial score (nSPS) is 15.9. The summed E-state index contributed by atoms with van der Waals surface area (Å²) >= 11 is 5.83. The number of benzene rings is 1. The Labute approximate surface area is 156 Å². The van der Waals surface area contributed by atoms with Crippen LogP contribution in [0, 0.1) is 0 Å². The van der Waals surface area contributed by atoms with E-state index < -0.39 is 11.7 Å². The number of halogens is 4. The molecule has 0 radical (unpaired) electrons. The zero-order valence-corrected chi connectivity index (χ0v) is 15.1. The first kappa shape index (κ1) is 19.0. The molecule has 0 aliphatic carbocycles. The van der Waals surface area contributed by atoms with E-state index >= 15 is 0 Å². The minimum Gasteiger partial charge on any atom is -0.299 e. The van der Waals surface area contributed by atoms with Gasteiger partial charge in [0, 0.05) is 25.8 Å². The molecule has 3 rings (SSSR count). The number of aryl methyl sites for hydroxylation is 1. The van der Waals surface area contributed by atoms with Crippen LogP contribution < -0.4 is 0 Å². The molecule has 1 aromatic heterocycles. The maximum atomic E-state index is 12.9. The van der Waals surface area contributed by atoms with Crippen LogP contribution in [0.3, 0.4) is 0 Å². The molecular weight excluding hydrogens is 363 g/mol. The van der Waals surface area contributed by atoms with Gasteiger partial charge in [-0.05, 0) is 49.1 Å². The van der Waals surface area contributed by atoms with Crippen molar-refractivity contribution in [2.45, 2.75) is 32.0 Å². The summed E-state index contributed by atoms with van der Waals surface area (Å²) in [5.41, 5.74) is 1.09. The smallest absolute Gasteiger partial charge is 0.299 e. The minimum atomic E-state index is -4.30. The second-order valence-electron chi connectivity index (χ2n) is 6.49. The van der Waals surface area contributed by atoms with E-state index in [1.54, 1.807) is 12.3 Å². The lowest BCUT2D eigenvalue weighted by Gasteiger charge is -2.26. The number of unbranched alkanes of at least 4 members (excludes halogenated alkanes) is 1. The maximum Gasteiger partial charge on any atom is 0.416 e. The van der Waals surface area contributed by atoms with Gasteiger partial charge in [-0.2, -0.15) is 18.3 Å². The lowest BCUT2D eigenvalue weighted by molar-refractivity contribution is -0.137. The molecular formula is C19H21ClF3N3. The van der Waals surface area contributed by atoms with Crippen LogP contribution in [0.15, 0.2) is 42.7 Å². The SMILES string of the molecule is FC(F)(F)c1cccc(C2=CCN(CCCCn3cc(Cl)cn3)CC2)c1. The van der Waals surface area contributed by atoms with Gasteiger partial charge in [0.05, 0.1) is 16.8 Å². The Bertz CT molecular complexity index is 767. The molecule has 0 fully saturated rings. The molecule has 7 heteroatoms. The van der Waals surface area contributed by atoms with Crippen molar-refractivity contribution < 1.29 is 13.2 Å². The predicted molar refractivity (Wildman–Crippen MR) is 96.9 cm³/mol. The standard InChI is InChI=1S/C19H21ClF3N3/c20-18-13-24-26(14-18)9-2-1-8-25-10-6-15(7-11-25)16-4-3-5-17(12-16)19(21,22)23/h3-6,12-14H,1-2,7-11H2. The van der Waals surface area contributed by atoms with Gasteiger partial charge in [0.2, 0.25) is 0 Å². The van der Waals surface area contributed by atoms with Crippen molar-refractivity contribution in [3.8, 4) is 0 Å². The van der Waals surface area contributed by atoms with Gasteiger partial charge in [0.1, 0.15) is 0 Å². The van der Waals surface area contributed by atoms with Crippen LogP contribution in [-0.2, 0) is 12.7 Å². The van der Waals surface area contributed by atoms with E-state index in [9.17, 15) is 13.2 Å². The predicted octanol–water partition coefficient (Wildman–Crippen LogP) is 5.12. The number of hydrogen-bond acceptors (Lipinski definition) is 2. The van der Waals surface area contributed by atoms with Crippen LogP contribution in [0.25, 0.3) is 5.57 Å². The molecule has 0 saturated heterocycles. The Morgan fingerprint density at radius 3 is 2.62 bits per heavy atom. The third kappa shape index (κ3) is 5.11. The highest BCUT2D eigenvalue weighted by atomic mass is 35.5. The molecule has 0 saturated carbocycles. The Balaban J connectivity index is 1.47. The van der Waals surface area contributed by atoms with Crippen molar-refractivity contribution >= 4 is 17.2 Å². The first-order valence-electron chi connectivity index (χ1n) is 8.69. The van der Waals surface area contributed by atoms with E-state index in [4.69, 9.17) is 11.6 Å². The molecule has 0 atom stereocenters. The number of rotatable bonds is 6. The van der Waals surface area contributed by atoms with Crippen molar-refractivity contribution in [3.05, 3.63) is 58.9 Å². The fraction of sp³-hybridized carbons (Fsp3) is 0.421. The Morgan fingerprint density at radius 1 is 1.15 bits per heavy atom. The van der Waals surface area contributed by atoms with E-state index in [1.807, 2.05) is 17.0 Å². The van der Waals surface area contributed by atoms with Crippen LogP contribution in [0.5, 0.6) is 0 Å². The van der Waals surface area contributed by atoms with E-state index in [0.717, 1.165) is 57.1 Å². The van der Waals surface area contributed by atoms with Gasteiger partial charge >= 0.3 is 6.18 Å². The van der Waals surface area contributed by atoms with Crippen molar-refractivity contribution in [3.63, 3.8) is 0 Å². The summed E-state index contributed by atoms with van der Waals surface area (Å²) in [7, 11) is 0. The second-order valence-corrected chi connectivity index (χ2v) is 6.92. The largest absolute Gasteiger partial charge is 0.416 e. The zero-order valence-electron chi connectivity index (χ0n) is 14.3. The highest BCUT2D eigenvalue weighted by molar-refractivity contribution is 6.30. The third-order valence-corrected chi connectivity index (χ3v) is 4.76. The molecule has 0 bridgehead atoms. The lowest BCUT2D eigenvalue weighted by atomic mass is 9.97. The Morgan fingerprint density at radius 2 is 1.96 bits per heavy atom. The molecule has 0 unspecified atom stereocenters. The topological polar surface area (TPSA) is 21.1 Å². The monoisotopic (exact) mass is 383 g/mol. The molecule has 140 valence electrons. The van der Waals surface area contributed by atoms with Gasteiger partial charge in [0.15, 0.2) is 0 Å². The minimum absolute atomic E-state index is 0.586. The van der Waals surface area contributed by atoms with E-state index in [-0.39, 0.29) is 0 Å². The first-order valence-corrected chi connectivity index (χ1v) is 9.06. The number of hydrogen-bond donors (Lipinski definition) is 0. The van der Waals surface area contributed by atoms with E-state index in [2.05, 4.69) is 10.00 Å². The third-order valence-electron chi connectivity index (χ3n) is 4.57. The van der Waals surface area contributed by atoms with Gasteiger partial charge in [-0.1, -0.05) is 29.8 Å². The summed E-state index contributed by atoms with van der Waals surface area (Å²) in [6, 6.07) is 5.60. The number of alkyl halides is 3. The summed E-state index contributed by atoms with van der Waals surface area (Å²) in [6.07, 6.45) is 4.03. The summed E-state index contributed by atoms with van der Waals surface area (Å²) in [5, 5.41) is 4.80. The molecule has 2 aromatic rings. The fourth-order valence-corrected chi connectivity index (χ4v) is 3.30. The van der Waals surface area contributed by atoms with E-state index in [1.165, 1.54) is 12.1 Å². The maximum absolute atomic E-state index is 12.9. The Kier molecular flexibility index (Phi) is 6.04. The van der Waals surface area contributed by atoms with Crippen molar-refractivity contribution in [2.75, 3.05) is 19.6 Å². The van der Waals surface area contributed by atoms with Crippen molar-refractivity contribution in [1.82, 2.24) is 14.7 Å². The van der Waals surface area contributed by atoms with Crippen LogP contribution in [0.4, 0.5) is 13.2 Å². The van der Waals surface area contributed by atoms with Gasteiger partial charge < -0.3 is 0 Å². The second kappa shape index (κ2) is 8.27. The molecule has 2 heterocycles. The average Bonchev–Trinajstić information content (AvgIpc) is 3.04. The molecule has 1 aliphatic heterocycles. The Hall–Kier alpha value is -1.79. The van der Waals surface area contributed by atoms with Crippen LogP contribution in [-0.4, -0.2) is 34.3 Å². The van der Waals surface area contributed by atoms with Gasteiger partial charge in [-0.15, -0.1) is 0 Å². The lowest BCUT2D eigenvalue weighted by Crippen LogP contribution is -2.29. The van der Waals surface area contributed by atoms with Gasteiger partial charge in [-0.25, -0.2) is 0 Å². The van der Waals surface area contributed by atoms with E-state index in [0.29, 0.717) is 10.6 Å². The fourth-order valence-electron chi connectivity index (χ4n) is 3.14. The molecule has 1 aromatic carbocycles. The van der Waals surface area contributed by atoms with Crippen LogP contribution >= 0.6 is 11.6 Å². The summed E-state index contributed by atoms with van der Waals surface area (Å²) in [4.78, 5) is 2.33.